The first kappa shape index (κ1) is 32.4. The first-order chi connectivity index (χ1) is 18.5. The van der Waals surface area contributed by atoms with Gasteiger partial charge in [0, 0.05) is 31.3 Å². The summed E-state index contributed by atoms with van der Waals surface area (Å²) in [5.74, 6) is -1.51. The summed E-state index contributed by atoms with van der Waals surface area (Å²) >= 11 is 0. The summed E-state index contributed by atoms with van der Waals surface area (Å²) in [6.07, 6.45) is 8.08. The standard InChI is InChI=1S/C33H54N2O5/c1-10-21-39-25-13-17-32(9,18-14-25)35-19-15-24(16-20-35)34-26-22-23(2)11-12-27(26)40-29(38)33(28(36)37,30(3,4)5)31(6,7)8/h11-12,22,24-25,34H,10,13-21H2,1-9H3,(H,36,37). The number of anilines is 1. The van der Waals surface area contributed by atoms with Gasteiger partial charge in [0.05, 0.1) is 11.8 Å². The van der Waals surface area contributed by atoms with Crippen LogP contribution in [0.3, 0.4) is 0 Å². The highest BCUT2D eigenvalue weighted by molar-refractivity contribution is 6.02. The molecule has 0 spiro atoms. The molecule has 0 unspecified atom stereocenters. The van der Waals surface area contributed by atoms with E-state index in [1.807, 2.05) is 19.1 Å². The highest BCUT2D eigenvalue weighted by atomic mass is 16.5. The maximum atomic E-state index is 13.8. The van der Waals surface area contributed by atoms with Crippen molar-refractivity contribution in [3.63, 3.8) is 0 Å². The van der Waals surface area contributed by atoms with Crippen LogP contribution in [0.4, 0.5) is 5.69 Å². The number of ether oxygens (including phenoxy) is 2. The van der Waals surface area contributed by atoms with Crippen molar-refractivity contribution in [3.8, 4) is 5.75 Å². The Bertz CT molecular complexity index is 1010. The van der Waals surface area contributed by atoms with Crippen LogP contribution in [0.25, 0.3) is 0 Å². The van der Waals surface area contributed by atoms with Crippen molar-refractivity contribution < 1.29 is 24.2 Å². The molecule has 2 fully saturated rings. The third-order valence-electron chi connectivity index (χ3n) is 9.40. The summed E-state index contributed by atoms with van der Waals surface area (Å²) in [4.78, 5) is 29.2. The molecule has 0 amide bonds. The summed E-state index contributed by atoms with van der Waals surface area (Å²) < 4.78 is 12.0. The lowest BCUT2D eigenvalue weighted by molar-refractivity contribution is -0.184. The number of esters is 1. The smallest absolute Gasteiger partial charge is 0.330 e. The van der Waals surface area contributed by atoms with Gasteiger partial charge in [-0.05, 0) is 87.3 Å². The van der Waals surface area contributed by atoms with Crippen LogP contribution >= 0.6 is 0 Å². The Labute approximate surface area is 242 Å². The van der Waals surface area contributed by atoms with Gasteiger partial charge in [-0.2, -0.15) is 0 Å². The quantitative estimate of drug-likeness (QED) is 0.190. The number of hydrogen-bond donors (Lipinski definition) is 2. The lowest BCUT2D eigenvalue weighted by atomic mass is 9.54. The van der Waals surface area contributed by atoms with Crippen LogP contribution in [0, 0.1) is 23.2 Å². The van der Waals surface area contributed by atoms with Gasteiger partial charge in [0.25, 0.3) is 0 Å². The minimum atomic E-state index is -1.73. The average Bonchev–Trinajstić information content (AvgIpc) is 2.84. The summed E-state index contributed by atoms with van der Waals surface area (Å²) in [7, 11) is 0. The Morgan fingerprint density at radius 2 is 1.60 bits per heavy atom. The number of carbonyl (C=O) groups excluding carboxylic acids is 1. The van der Waals surface area contributed by atoms with Gasteiger partial charge < -0.3 is 19.9 Å². The highest BCUT2D eigenvalue weighted by Crippen LogP contribution is 2.53. The topological polar surface area (TPSA) is 88.1 Å². The number of carboxylic acids is 1. The molecule has 1 aliphatic heterocycles. The summed E-state index contributed by atoms with van der Waals surface area (Å²) in [5.41, 5.74) is -1.45. The van der Waals surface area contributed by atoms with E-state index in [1.54, 1.807) is 47.6 Å². The number of carboxylic acid groups (broad SMARTS) is 1. The fourth-order valence-electron chi connectivity index (χ4n) is 7.25. The first-order valence-electron chi connectivity index (χ1n) is 15.2. The van der Waals surface area contributed by atoms with E-state index in [1.165, 1.54) is 12.8 Å². The van der Waals surface area contributed by atoms with Gasteiger partial charge >= 0.3 is 11.9 Å². The van der Waals surface area contributed by atoms with Gasteiger partial charge in [-0.25, -0.2) is 0 Å². The third-order valence-corrected chi connectivity index (χ3v) is 9.40. The van der Waals surface area contributed by atoms with E-state index in [9.17, 15) is 14.7 Å². The summed E-state index contributed by atoms with van der Waals surface area (Å²) in [5, 5.41) is 14.0. The second-order valence-electron chi connectivity index (χ2n) is 14.4. The van der Waals surface area contributed by atoms with Crippen LogP contribution < -0.4 is 10.1 Å². The van der Waals surface area contributed by atoms with Gasteiger partial charge in [0.1, 0.15) is 0 Å². The molecule has 0 bridgehead atoms. The molecule has 0 aromatic heterocycles. The van der Waals surface area contributed by atoms with Crippen molar-refractivity contribution in [1.82, 2.24) is 4.90 Å². The predicted molar refractivity (Wildman–Crippen MR) is 161 cm³/mol. The van der Waals surface area contributed by atoms with Crippen molar-refractivity contribution in [2.24, 2.45) is 16.2 Å². The van der Waals surface area contributed by atoms with E-state index in [-0.39, 0.29) is 11.6 Å². The fraction of sp³-hybridized carbons (Fsp3) is 0.758. The van der Waals surface area contributed by atoms with Gasteiger partial charge in [0.15, 0.2) is 11.2 Å². The molecule has 226 valence electrons. The van der Waals surface area contributed by atoms with Crippen LogP contribution in [0.2, 0.25) is 0 Å². The van der Waals surface area contributed by atoms with Crippen molar-refractivity contribution >= 4 is 17.6 Å². The Morgan fingerprint density at radius 1 is 1.02 bits per heavy atom. The van der Waals surface area contributed by atoms with E-state index in [0.717, 1.165) is 63.1 Å². The number of benzene rings is 1. The Balaban J connectivity index is 1.71. The van der Waals surface area contributed by atoms with E-state index in [0.29, 0.717) is 11.9 Å². The molecule has 40 heavy (non-hydrogen) atoms. The molecule has 2 N–H and O–H groups in total. The molecule has 3 rings (SSSR count). The molecule has 7 nitrogen and oxygen atoms in total. The maximum Gasteiger partial charge on any atom is 0.330 e. The Morgan fingerprint density at radius 3 is 2.10 bits per heavy atom. The fourth-order valence-corrected chi connectivity index (χ4v) is 7.25. The molecule has 0 radical (unpaired) electrons. The van der Waals surface area contributed by atoms with Gasteiger partial charge in [-0.15, -0.1) is 0 Å². The monoisotopic (exact) mass is 558 g/mol. The van der Waals surface area contributed by atoms with Crippen molar-refractivity contribution in [1.29, 1.82) is 0 Å². The number of nitrogens with one attached hydrogen (secondary N) is 1. The Hall–Kier alpha value is -2.12. The van der Waals surface area contributed by atoms with Crippen LogP contribution in [0.15, 0.2) is 18.2 Å². The number of aryl methyl sites for hydroxylation is 1. The van der Waals surface area contributed by atoms with Crippen LogP contribution in [-0.2, 0) is 14.3 Å². The first-order valence-corrected chi connectivity index (χ1v) is 15.2. The molecule has 2 aliphatic rings. The van der Waals surface area contributed by atoms with Gasteiger partial charge in [-0.3, -0.25) is 14.5 Å². The Kier molecular flexibility index (Phi) is 10.0. The number of piperidine rings is 1. The second-order valence-corrected chi connectivity index (χ2v) is 14.4. The van der Waals surface area contributed by atoms with Crippen LogP contribution in [0.1, 0.15) is 106 Å². The second kappa shape index (κ2) is 12.4. The normalized spacial score (nSPS) is 23.6. The molecule has 1 aliphatic carbocycles. The minimum absolute atomic E-state index is 0.223. The predicted octanol–water partition coefficient (Wildman–Crippen LogP) is 7.07. The SMILES string of the molecule is CCCOC1CCC(C)(N2CCC(Nc3cc(C)ccc3OC(=O)C(C(=O)O)(C(C)(C)C)C(C)(C)C)CC2)CC1. The third kappa shape index (κ3) is 6.67. The molecule has 7 heteroatoms. The van der Waals surface area contributed by atoms with E-state index in [4.69, 9.17) is 9.47 Å². The van der Waals surface area contributed by atoms with Crippen LogP contribution in [0.5, 0.6) is 5.75 Å². The van der Waals surface area contributed by atoms with Crippen molar-refractivity contribution in [3.05, 3.63) is 23.8 Å². The largest absolute Gasteiger partial charge is 0.480 e. The number of likely N-dealkylation sites (tertiary alicyclic amines) is 1. The zero-order valence-corrected chi connectivity index (χ0v) is 26.5. The number of rotatable bonds is 9. The number of aliphatic carboxylic acids is 1. The summed E-state index contributed by atoms with van der Waals surface area (Å²) in [6, 6.07) is 5.92. The zero-order valence-electron chi connectivity index (χ0n) is 26.5. The molecule has 1 aromatic rings. The minimum Gasteiger partial charge on any atom is -0.480 e. The molecular weight excluding hydrogens is 504 g/mol. The van der Waals surface area contributed by atoms with Crippen LogP contribution in [-0.4, -0.2) is 59.3 Å². The van der Waals surface area contributed by atoms with Crippen molar-refractivity contribution in [2.75, 3.05) is 25.0 Å². The van der Waals surface area contributed by atoms with Gasteiger partial charge in [-0.1, -0.05) is 54.5 Å². The van der Waals surface area contributed by atoms with E-state index in [2.05, 4.69) is 24.1 Å². The lowest BCUT2D eigenvalue weighted by Gasteiger charge is -2.48. The van der Waals surface area contributed by atoms with Crippen molar-refractivity contribution in [2.45, 2.75) is 125 Å². The number of hydrogen-bond acceptors (Lipinski definition) is 6. The number of nitrogens with zero attached hydrogens (tertiary/aromatic N) is 1. The van der Waals surface area contributed by atoms with E-state index < -0.39 is 28.2 Å². The van der Waals surface area contributed by atoms with E-state index >= 15 is 0 Å². The summed E-state index contributed by atoms with van der Waals surface area (Å²) in [6.45, 7) is 20.2. The molecule has 0 atom stereocenters. The molecule has 1 heterocycles. The molecule has 1 saturated carbocycles. The average molecular weight is 559 g/mol. The number of carbonyl (C=O) groups is 2. The molecular formula is C33H54N2O5. The highest BCUT2D eigenvalue weighted by Gasteiger charge is 2.63. The lowest BCUT2D eigenvalue weighted by Crippen LogP contribution is -2.59. The molecule has 1 saturated heterocycles. The zero-order chi connectivity index (χ0) is 29.9. The molecule has 1 aromatic carbocycles. The van der Waals surface area contributed by atoms with Gasteiger partial charge in [0.2, 0.25) is 0 Å². The maximum absolute atomic E-state index is 13.8.